The van der Waals surface area contributed by atoms with Crippen molar-refractivity contribution < 1.29 is 14.6 Å². The lowest BCUT2D eigenvalue weighted by molar-refractivity contribution is -0.139. The average molecular weight is 493 g/mol. The Labute approximate surface area is 195 Å². The van der Waals surface area contributed by atoms with Gasteiger partial charge in [0.1, 0.15) is 18.4 Å². The molecule has 0 spiro atoms. The number of halogens is 1. The zero-order chi connectivity index (χ0) is 22.5. The molecule has 32 heavy (non-hydrogen) atoms. The number of ether oxygens (including phenoxy) is 1. The van der Waals surface area contributed by atoms with Gasteiger partial charge in [-0.15, -0.1) is 0 Å². The number of nitrogens with one attached hydrogen (secondary N) is 2. The van der Waals surface area contributed by atoms with Crippen LogP contribution in [0.15, 0.2) is 77.4 Å². The van der Waals surface area contributed by atoms with Crippen LogP contribution in [-0.4, -0.2) is 22.1 Å². The summed E-state index contributed by atoms with van der Waals surface area (Å²) in [6.07, 6.45) is 2.27. The molecule has 0 aliphatic heterocycles. The molecule has 5 nitrogen and oxygen atoms in total. The summed E-state index contributed by atoms with van der Waals surface area (Å²) in [4.78, 5) is 15.2. The molecule has 0 saturated carbocycles. The van der Waals surface area contributed by atoms with Gasteiger partial charge in [0.15, 0.2) is 0 Å². The Morgan fingerprint density at radius 3 is 2.66 bits per heavy atom. The minimum atomic E-state index is -0.882. The number of carbonyl (C=O) groups is 1. The number of hydrogen-bond donors (Lipinski definition) is 3. The van der Waals surface area contributed by atoms with Crippen LogP contribution in [0.3, 0.4) is 0 Å². The Balaban J connectivity index is 1.46. The summed E-state index contributed by atoms with van der Waals surface area (Å²) >= 11 is 3.51. The summed E-state index contributed by atoms with van der Waals surface area (Å²) in [6, 6.07) is 21.2. The van der Waals surface area contributed by atoms with Gasteiger partial charge in [0.2, 0.25) is 0 Å². The molecular weight excluding hydrogens is 468 g/mol. The first-order valence-corrected chi connectivity index (χ1v) is 11.3. The van der Waals surface area contributed by atoms with Gasteiger partial charge in [-0.1, -0.05) is 64.0 Å². The number of benzene rings is 3. The van der Waals surface area contributed by atoms with Crippen molar-refractivity contribution in [2.24, 2.45) is 0 Å². The molecule has 0 bridgehead atoms. The molecule has 4 rings (SSSR count). The molecule has 1 aromatic heterocycles. The van der Waals surface area contributed by atoms with E-state index in [1.54, 1.807) is 0 Å². The third-order valence-electron chi connectivity index (χ3n) is 5.47. The Morgan fingerprint density at radius 2 is 1.88 bits per heavy atom. The van der Waals surface area contributed by atoms with Crippen molar-refractivity contribution in [3.05, 3.63) is 99.7 Å². The number of aromatic nitrogens is 1. The summed E-state index contributed by atoms with van der Waals surface area (Å²) in [7, 11) is 0. The number of carboxylic acids is 1. The predicted molar refractivity (Wildman–Crippen MR) is 130 cm³/mol. The Kier molecular flexibility index (Phi) is 6.93. The smallest absolute Gasteiger partial charge is 0.321 e. The van der Waals surface area contributed by atoms with E-state index in [4.69, 9.17) is 4.74 Å². The minimum Gasteiger partial charge on any atom is -0.489 e. The number of hydrogen-bond acceptors (Lipinski definition) is 3. The first-order chi connectivity index (χ1) is 15.5. The summed E-state index contributed by atoms with van der Waals surface area (Å²) in [5.74, 6) is -0.148. The van der Waals surface area contributed by atoms with Gasteiger partial charge in [0, 0.05) is 40.1 Å². The van der Waals surface area contributed by atoms with Crippen LogP contribution in [0.25, 0.3) is 10.9 Å². The zero-order valence-electron chi connectivity index (χ0n) is 17.8. The van der Waals surface area contributed by atoms with Crippen LogP contribution >= 0.6 is 15.9 Å². The number of aryl methyl sites for hydroxylation is 1. The van der Waals surface area contributed by atoms with E-state index in [0.717, 1.165) is 37.8 Å². The highest BCUT2D eigenvalue weighted by atomic mass is 79.9. The van der Waals surface area contributed by atoms with Crippen LogP contribution < -0.4 is 10.1 Å². The van der Waals surface area contributed by atoms with Crippen molar-refractivity contribution in [2.75, 3.05) is 0 Å². The molecule has 0 amide bonds. The van der Waals surface area contributed by atoms with Crippen LogP contribution in [0.1, 0.15) is 22.3 Å². The Hall–Kier alpha value is -3.09. The molecule has 0 aliphatic carbocycles. The molecule has 3 N–H and O–H groups in total. The molecule has 0 aliphatic rings. The van der Waals surface area contributed by atoms with Gasteiger partial charge in [-0.05, 0) is 42.3 Å². The highest BCUT2D eigenvalue weighted by Crippen LogP contribution is 2.25. The number of H-pyrrole nitrogens is 1. The molecule has 0 saturated heterocycles. The number of fused-ring (bicyclic) bond motifs is 1. The fourth-order valence-corrected chi connectivity index (χ4v) is 4.08. The third-order valence-corrected chi connectivity index (χ3v) is 5.97. The van der Waals surface area contributed by atoms with Gasteiger partial charge in [-0.25, -0.2) is 0 Å². The molecule has 6 heteroatoms. The number of rotatable bonds is 9. The standard InChI is InChI=1S/C26H25BrN2O3/c1-17-6-8-18(9-7-17)16-32-25-11-10-21(27)12-20(25)15-29-24(26(30)31)13-19-14-28-23-5-3-2-4-22(19)23/h2-12,14,24,28-29H,13,15-16H2,1H3,(H,30,31)/t24-/m0/s1. The first kappa shape index (κ1) is 22.1. The predicted octanol–water partition coefficient (Wildman–Crippen LogP) is 5.60. The Bertz CT molecular complexity index is 1220. The lowest BCUT2D eigenvalue weighted by Gasteiger charge is -2.17. The summed E-state index contributed by atoms with van der Waals surface area (Å²) < 4.78 is 6.98. The Morgan fingerprint density at radius 1 is 1.09 bits per heavy atom. The largest absolute Gasteiger partial charge is 0.489 e. The van der Waals surface area contributed by atoms with Crippen molar-refractivity contribution in [3.8, 4) is 5.75 Å². The number of aliphatic carboxylic acids is 1. The quantitative estimate of drug-likeness (QED) is 0.284. The molecule has 1 heterocycles. The van der Waals surface area contributed by atoms with E-state index < -0.39 is 12.0 Å². The van der Waals surface area contributed by atoms with Crippen LogP contribution in [0.5, 0.6) is 5.75 Å². The summed E-state index contributed by atoms with van der Waals surface area (Å²) in [5, 5.41) is 14.1. The summed E-state index contributed by atoms with van der Waals surface area (Å²) in [6.45, 7) is 2.88. The van der Waals surface area contributed by atoms with Gasteiger partial charge >= 0.3 is 5.97 Å². The number of carboxylic acid groups (broad SMARTS) is 1. The maximum Gasteiger partial charge on any atom is 0.321 e. The number of para-hydroxylation sites is 1. The van der Waals surface area contributed by atoms with E-state index in [1.165, 1.54) is 5.56 Å². The maximum absolute atomic E-state index is 12.0. The van der Waals surface area contributed by atoms with E-state index in [2.05, 4.69) is 45.3 Å². The van der Waals surface area contributed by atoms with Gasteiger partial charge in [0.05, 0.1) is 0 Å². The van der Waals surface area contributed by atoms with Crippen molar-refractivity contribution in [1.82, 2.24) is 10.3 Å². The highest BCUT2D eigenvalue weighted by Gasteiger charge is 2.20. The molecular formula is C26H25BrN2O3. The van der Waals surface area contributed by atoms with Crippen LogP contribution in [0.2, 0.25) is 0 Å². The number of aromatic amines is 1. The molecule has 1 atom stereocenters. The van der Waals surface area contributed by atoms with Crippen LogP contribution in [0.4, 0.5) is 0 Å². The second-order valence-electron chi connectivity index (χ2n) is 7.86. The van der Waals surface area contributed by atoms with E-state index in [0.29, 0.717) is 19.6 Å². The molecule has 3 aromatic carbocycles. The molecule has 4 aromatic rings. The van der Waals surface area contributed by atoms with Crippen molar-refractivity contribution >= 4 is 32.8 Å². The highest BCUT2D eigenvalue weighted by molar-refractivity contribution is 9.10. The van der Waals surface area contributed by atoms with Gasteiger partial charge in [-0.2, -0.15) is 0 Å². The van der Waals surface area contributed by atoms with Crippen molar-refractivity contribution in [1.29, 1.82) is 0 Å². The minimum absolute atomic E-state index is 0.377. The normalized spacial score (nSPS) is 12.1. The second kappa shape index (κ2) is 10.0. The third kappa shape index (κ3) is 5.39. The fourth-order valence-electron chi connectivity index (χ4n) is 3.67. The molecule has 0 fully saturated rings. The lowest BCUT2D eigenvalue weighted by atomic mass is 10.0. The van der Waals surface area contributed by atoms with Crippen LogP contribution in [0, 0.1) is 6.92 Å². The summed E-state index contributed by atoms with van der Waals surface area (Å²) in [5.41, 5.74) is 5.17. The van der Waals surface area contributed by atoms with Gasteiger partial charge in [-0.3, -0.25) is 10.1 Å². The fraction of sp³-hybridized carbons (Fsp3) is 0.192. The average Bonchev–Trinajstić information content (AvgIpc) is 3.19. The van der Waals surface area contributed by atoms with Crippen molar-refractivity contribution in [2.45, 2.75) is 32.5 Å². The molecule has 0 unspecified atom stereocenters. The molecule has 0 radical (unpaired) electrons. The molecule has 164 valence electrons. The topological polar surface area (TPSA) is 74.3 Å². The SMILES string of the molecule is Cc1ccc(COc2ccc(Br)cc2CN[C@@H](Cc2c[nH]c3ccccc23)C(=O)O)cc1. The van der Waals surface area contributed by atoms with E-state index >= 15 is 0 Å². The van der Waals surface area contributed by atoms with E-state index in [1.807, 2.05) is 60.8 Å². The monoisotopic (exact) mass is 492 g/mol. The maximum atomic E-state index is 12.0. The van der Waals surface area contributed by atoms with E-state index in [-0.39, 0.29) is 0 Å². The first-order valence-electron chi connectivity index (χ1n) is 10.5. The lowest BCUT2D eigenvalue weighted by Crippen LogP contribution is -2.38. The van der Waals surface area contributed by atoms with Gasteiger partial charge < -0.3 is 14.8 Å². The second-order valence-corrected chi connectivity index (χ2v) is 8.78. The van der Waals surface area contributed by atoms with Crippen molar-refractivity contribution in [3.63, 3.8) is 0 Å². The van der Waals surface area contributed by atoms with Gasteiger partial charge in [0.25, 0.3) is 0 Å². The van der Waals surface area contributed by atoms with E-state index in [9.17, 15) is 9.90 Å². The zero-order valence-corrected chi connectivity index (χ0v) is 19.4. The van der Waals surface area contributed by atoms with Crippen LogP contribution in [-0.2, 0) is 24.4 Å².